The third kappa shape index (κ3) is 5.33. The number of anilines is 2. The van der Waals surface area contributed by atoms with E-state index in [2.05, 4.69) is 15.6 Å². The first kappa shape index (κ1) is 29.8. The van der Waals surface area contributed by atoms with Crippen LogP contribution in [-0.2, 0) is 50.8 Å². The number of carbonyl (C=O) groups excluding carboxylic acids is 2. The van der Waals surface area contributed by atoms with Crippen LogP contribution in [0.5, 0.6) is 0 Å². The first-order chi connectivity index (χ1) is 20.9. The van der Waals surface area contributed by atoms with Gasteiger partial charge in [-0.1, -0.05) is 47.5 Å². The predicted molar refractivity (Wildman–Crippen MR) is 167 cm³/mol. The lowest BCUT2D eigenvalue weighted by Crippen LogP contribution is -2.43. The van der Waals surface area contributed by atoms with Gasteiger partial charge in [0, 0.05) is 42.0 Å². The molecular formula is C30H25Cl2N5O6S. The molecule has 3 heterocycles. The Hall–Kier alpha value is -4.26. The molecule has 0 saturated carbocycles. The molecule has 1 atom stereocenters. The molecular weight excluding hydrogens is 629 g/mol. The van der Waals surface area contributed by atoms with E-state index in [1.54, 1.807) is 30.5 Å². The topological polar surface area (TPSA) is 149 Å². The van der Waals surface area contributed by atoms with Crippen molar-refractivity contribution in [2.24, 2.45) is 0 Å². The zero-order chi connectivity index (χ0) is 31.4. The molecule has 1 aliphatic heterocycles. The fourth-order valence-electron chi connectivity index (χ4n) is 5.82. The van der Waals surface area contributed by atoms with Crippen molar-refractivity contribution in [1.82, 2.24) is 14.1 Å². The number of aromatic nitrogens is 3. The number of rotatable bonds is 7. The molecule has 44 heavy (non-hydrogen) atoms. The van der Waals surface area contributed by atoms with Gasteiger partial charge in [0.15, 0.2) is 0 Å². The van der Waals surface area contributed by atoms with Crippen molar-refractivity contribution in [3.8, 4) is 11.1 Å². The maximum Gasteiger partial charge on any atom is 0.331 e. The maximum absolute atomic E-state index is 13.3. The molecule has 0 bridgehead atoms. The van der Waals surface area contributed by atoms with E-state index in [1.807, 2.05) is 12.1 Å². The van der Waals surface area contributed by atoms with Crippen LogP contribution in [-0.4, -0.2) is 46.4 Å². The highest BCUT2D eigenvalue weighted by atomic mass is 35.5. The monoisotopic (exact) mass is 653 g/mol. The molecule has 0 fully saturated rings. The molecule has 226 valence electrons. The lowest BCUT2D eigenvalue weighted by atomic mass is 9.79. The van der Waals surface area contributed by atoms with Gasteiger partial charge in [-0.25, -0.2) is 18.2 Å². The molecule has 2 N–H and O–H groups in total. The second-order valence-corrected chi connectivity index (χ2v) is 14.0. The summed E-state index contributed by atoms with van der Waals surface area (Å²) >= 11 is 12.5. The summed E-state index contributed by atoms with van der Waals surface area (Å²) in [6.07, 6.45) is 4.78. The molecule has 6 rings (SSSR count). The van der Waals surface area contributed by atoms with Crippen molar-refractivity contribution >= 4 is 56.4 Å². The smallest absolute Gasteiger partial charge is 0.325 e. The molecule has 2 aromatic heterocycles. The normalized spacial score (nSPS) is 16.9. The van der Waals surface area contributed by atoms with Crippen LogP contribution in [0.25, 0.3) is 11.1 Å². The number of nitrogens with zero attached hydrogens (tertiary/aromatic N) is 3. The van der Waals surface area contributed by atoms with E-state index >= 15 is 0 Å². The fourth-order valence-corrected chi connectivity index (χ4v) is 6.73. The molecule has 0 radical (unpaired) electrons. The Kier molecular flexibility index (Phi) is 7.47. The number of carbonyl (C=O) groups is 2. The highest BCUT2D eigenvalue weighted by molar-refractivity contribution is 7.90. The second-order valence-electron chi connectivity index (χ2n) is 11.0. The third-order valence-electron chi connectivity index (χ3n) is 7.94. The lowest BCUT2D eigenvalue weighted by molar-refractivity contribution is -0.120. The maximum atomic E-state index is 13.3. The minimum absolute atomic E-state index is 0.0224. The van der Waals surface area contributed by atoms with E-state index in [1.165, 1.54) is 18.3 Å². The summed E-state index contributed by atoms with van der Waals surface area (Å²) in [5.74, 6) is -0.588. The van der Waals surface area contributed by atoms with Crippen molar-refractivity contribution in [1.29, 1.82) is 0 Å². The van der Waals surface area contributed by atoms with Crippen LogP contribution in [0.2, 0.25) is 10.0 Å². The number of amides is 2. The van der Waals surface area contributed by atoms with Gasteiger partial charge in [0.05, 0.1) is 26.8 Å². The fraction of sp³-hybridized carbons (Fsp3) is 0.233. The van der Waals surface area contributed by atoms with Crippen LogP contribution in [0.3, 0.4) is 0 Å². The van der Waals surface area contributed by atoms with Gasteiger partial charge in [0.1, 0.15) is 22.2 Å². The van der Waals surface area contributed by atoms with Crippen molar-refractivity contribution in [2.45, 2.75) is 31.3 Å². The first-order valence-electron chi connectivity index (χ1n) is 13.5. The Morgan fingerprint density at radius 1 is 1.05 bits per heavy atom. The zero-order valence-electron chi connectivity index (χ0n) is 23.3. The number of hydrogen-bond acceptors (Lipinski definition) is 7. The molecule has 2 aliphatic rings. The Labute approximate surface area is 261 Å². The summed E-state index contributed by atoms with van der Waals surface area (Å²) in [6, 6.07) is 13.7. The number of fused-ring (bicyclic) bond motifs is 3. The van der Waals surface area contributed by atoms with Gasteiger partial charge in [-0.15, -0.1) is 0 Å². The van der Waals surface area contributed by atoms with E-state index in [4.69, 9.17) is 23.2 Å². The SMILES string of the molecule is CS(=O)(=O)CCn1c(=O)c(-c2cccc(Cl)c2Cl)cn(CC(=O)Nc2ccc3c(c2)C[C@@]2(C3)C(=O)Nc3ncccc32)c1=O. The minimum Gasteiger partial charge on any atom is -0.325 e. The van der Waals surface area contributed by atoms with Crippen molar-refractivity contribution < 1.29 is 18.0 Å². The Balaban J connectivity index is 1.29. The number of nitrogens with one attached hydrogen (secondary N) is 2. The first-order valence-corrected chi connectivity index (χ1v) is 16.3. The van der Waals surface area contributed by atoms with Crippen molar-refractivity contribution in [2.75, 3.05) is 22.6 Å². The molecule has 0 unspecified atom stereocenters. The molecule has 1 aliphatic carbocycles. The van der Waals surface area contributed by atoms with Crippen LogP contribution >= 0.6 is 23.2 Å². The molecule has 0 saturated heterocycles. The molecule has 14 heteroatoms. The minimum atomic E-state index is -3.52. The number of pyridine rings is 1. The summed E-state index contributed by atoms with van der Waals surface area (Å²) in [5.41, 5.74) is 1.01. The summed E-state index contributed by atoms with van der Waals surface area (Å²) in [6.45, 7) is -0.894. The summed E-state index contributed by atoms with van der Waals surface area (Å²) in [5, 5.41) is 5.90. The molecule has 4 aromatic rings. The Morgan fingerprint density at radius 2 is 1.82 bits per heavy atom. The highest BCUT2D eigenvalue weighted by Crippen LogP contribution is 2.47. The second kappa shape index (κ2) is 11.0. The van der Waals surface area contributed by atoms with Crippen molar-refractivity contribution in [3.63, 3.8) is 0 Å². The van der Waals surface area contributed by atoms with E-state index in [9.17, 15) is 27.6 Å². The number of sulfone groups is 1. The molecule has 2 amide bonds. The van der Waals surface area contributed by atoms with E-state index in [-0.39, 0.29) is 27.1 Å². The quantitative estimate of drug-likeness (QED) is 0.311. The molecule has 1 spiro atoms. The van der Waals surface area contributed by atoms with Crippen LogP contribution in [0.15, 0.2) is 70.5 Å². The van der Waals surface area contributed by atoms with Gasteiger partial charge in [0.2, 0.25) is 11.8 Å². The van der Waals surface area contributed by atoms with Crippen LogP contribution in [0.4, 0.5) is 11.5 Å². The average molecular weight is 655 g/mol. The number of benzene rings is 2. The number of halogens is 2. The van der Waals surface area contributed by atoms with E-state index in [0.29, 0.717) is 24.3 Å². The van der Waals surface area contributed by atoms with Crippen LogP contribution < -0.4 is 21.9 Å². The van der Waals surface area contributed by atoms with Crippen LogP contribution in [0.1, 0.15) is 16.7 Å². The summed E-state index contributed by atoms with van der Waals surface area (Å²) in [4.78, 5) is 57.2. The Bertz CT molecular complexity index is 2110. The van der Waals surface area contributed by atoms with Gasteiger partial charge in [-0.2, -0.15) is 0 Å². The highest BCUT2D eigenvalue weighted by Gasteiger charge is 2.51. The molecule has 11 nitrogen and oxygen atoms in total. The largest absolute Gasteiger partial charge is 0.331 e. The lowest BCUT2D eigenvalue weighted by Gasteiger charge is -2.20. The van der Waals surface area contributed by atoms with Gasteiger partial charge >= 0.3 is 5.69 Å². The average Bonchev–Trinajstić information content (AvgIpc) is 3.48. The van der Waals surface area contributed by atoms with Gasteiger partial charge in [0.25, 0.3) is 5.56 Å². The molecule has 2 aromatic carbocycles. The third-order valence-corrected chi connectivity index (χ3v) is 9.69. The van der Waals surface area contributed by atoms with Gasteiger partial charge in [-0.3, -0.25) is 23.5 Å². The Morgan fingerprint density at radius 3 is 2.59 bits per heavy atom. The van der Waals surface area contributed by atoms with Crippen LogP contribution in [0, 0.1) is 0 Å². The standard InChI is InChI=1S/C30H25Cl2N5O6S/c1-44(42,43)11-10-37-27(39)21(20-4-2-6-23(31)25(20)32)15-36(29(37)41)16-24(38)34-19-8-7-17-13-30(14-18(17)12-19)22-5-3-9-33-26(22)35-28(30)40/h2-9,12,15H,10-11,13-14,16H2,1H3,(H,34,38)(H,33,35,40)/t30-/m1/s1. The van der Waals surface area contributed by atoms with E-state index in [0.717, 1.165) is 32.1 Å². The van der Waals surface area contributed by atoms with Crippen molar-refractivity contribution in [3.05, 3.63) is 108 Å². The number of hydrogen-bond donors (Lipinski definition) is 2. The zero-order valence-corrected chi connectivity index (χ0v) is 25.6. The van der Waals surface area contributed by atoms with Gasteiger partial charge in [-0.05, 0) is 48.2 Å². The van der Waals surface area contributed by atoms with Gasteiger partial charge < -0.3 is 10.6 Å². The summed E-state index contributed by atoms with van der Waals surface area (Å²) in [7, 11) is -3.52. The van der Waals surface area contributed by atoms with E-state index < -0.39 is 51.3 Å². The predicted octanol–water partition coefficient (Wildman–Crippen LogP) is 3.05. The summed E-state index contributed by atoms with van der Waals surface area (Å²) < 4.78 is 25.5.